The molecule has 0 N–H and O–H groups in total. The van der Waals surface area contributed by atoms with E-state index in [0.29, 0.717) is 11.1 Å². The van der Waals surface area contributed by atoms with Crippen molar-refractivity contribution in [3.8, 4) is 11.2 Å². The van der Waals surface area contributed by atoms with Crippen LogP contribution in [0.1, 0.15) is 11.1 Å². The Kier molecular flexibility index (Phi) is 3.30. The Balaban J connectivity index is 3.27. The van der Waals surface area contributed by atoms with Crippen LogP contribution < -0.4 is 0 Å². The molecule has 0 unspecified atom stereocenters. The van der Waals surface area contributed by atoms with E-state index >= 15 is 0 Å². The molecule has 0 amide bonds. The molecule has 84 valence electrons. The molecular formula is C10H9NO4S. The summed E-state index contributed by atoms with van der Waals surface area (Å²) in [6, 6.07) is 4.14. The number of non-ortho nitro benzene ring substituents is 1. The molecule has 0 saturated carbocycles. The van der Waals surface area contributed by atoms with E-state index in [-0.39, 0.29) is 5.69 Å². The Hall–Kier alpha value is -1.87. The second-order valence-corrected chi connectivity index (χ2v) is 5.00. The van der Waals surface area contributed by atoms with Crippen molar-refractivity contribution in [2.24, 2.45) is 0 Å². The highest BCUT2D eigenvalue weighted by Gasteiger charge is 2.07. The van der Waals surface area contributed by atoms with Crippen molar-refractivity contribution in [1.29, 1.82) is 0 Å². The van der Waals surface area contributed by atoms with E-state index in [1.807, 2.05) is 5.25 Å². The molecule has 1 aromatic carbocycles. The van der Waals surface area contributed by atoms with Crippen molar-refractivity contribution in [2.45, 2.75) is 6.92 Å². The summed E-state index contributed by atoms with van der Waals surface area (Å²) in [7, 11) is -3.40. The van der Waals surface area contributed by atoms with Gasteiger partial charge in [0.1, 0.15) is 0 Å². The van der Waals surface area contributed by atoms with Gasteiger partial charge in [-0.2, -0.15) is 0 Å². The second-order valence-electron chi connectivity index (χ2n) is 3.26. The fraction of sp³-hybridized carbons (Fsp3) is 0.200. The summed E-state index contributed by atoms with van der Waals surface area (Å²) in [6.07, 6.45) is 0.979. The van der Waals surface area contributed by atoms with Crippen molar-refractivity contribution >= 4 is 15.5 Å². The van der Waals surface area contributed by atoms with Crippen LogP contribution in [-0.4, -0.2) is 19.6 Å². The Morgan fingerprint density at radius 3 is 2.50 bits per heavy atom. The number of sulfone groups is 1. The minimum atomic E-state index is -3.40. The molecule has 1 aromatic rings. The number of nitro groups is 1. The van der Waals surface area contributed by atoms with Gasteiger partial charge in [0.05, 0.1) is 11.2 Å². The molecule has 0 atom stereocenters. The summed E-state index contributed by atoms with van der Waals surface area (Å²) in [4.78, 5) is 9.95. The summed E-state index contributed by atoms with van der Waals surface area (Å²) in [5, 5.41) is 12.5. The lowest BCUT2D eigenvalue weighted by Gasteiger charge is -1.97. The maximum Gasteiger partial charge on any atom is 0.270 e. The first-order valence-corrected chi connectivity index (χ1v) is 6.16. The third-order valence-corrected chi connectivity index (χ3v) is 2.28. The number of nitro benzene ring substituents is 1. The van der Waals surface area contributed by atoms with Gasteiger partial charge in [-0.25, -0.2) is 8.42 Å². The van der Waals surface area contributed by atoms with Crippen molar-refractivity contribution in [1.82, 2.24) is 0 Å². The maximum absolute atomic E-state index is 10.8. The molecule has 16 heavy (non-hydrogen) atoms. The van der Waals surface area contributed by atoms with Gasteiger partial charge in [0.2, 0.25) is 9.84 Å². The zero-order valence-corrected chi connectivity index (χ0v) is 9.54. The van der Waals surface area contributed by atoms with Gasteiger partial charge in [0, 0.05) is 22.9 Å². The van der Waals surface area contributed by atoms with E-state index in [0.717, 1.165) is 6.26 Å². The average Bonchev–Trinajstić information content (AvgIpc) is 2.14. The minimum Gasteiger partial charge on any atom is -0.258 e. The zero-order chi connectivity index (χ0) is 12.3. The molecule has 0 fully saturated rings. The van der Waals surface area contributed by atoms with Crippen LogP contribution in [-0.2, 0) is 9.84 Å². The van der Waals surface area contributed by atoms with Crippen LogP contribution >= 0.6 is 0 Å². The molecule has 0 aliphatic carbocycles. The van der Waals surface area contributed by atoms with Gasteiger partial charge in [-0.3, -0.25) is 10.1 Å². The van der Waals surface area contributed by atoms with E-state index in [9.17, 15) is 18.5 Å². The monoisotopic (exact) mass is 239 g/mol. The molecule has 0 aromatic heterocycles. The van der Waals surface area contributed by atoms with Crippen molar-refractivity contribution < 1.29 is 13.3 Å². The Labute approximate surface area is 93.2 Å². The van der Waals surface area contributed by atoms with Gasteiger partial charge in [-0.05, 0) is 18.4 Å². The number of hydrogen-bond acceptors (Lipinski definition) is 4. The van der Waals surface area contributed by atoms with Gasteiger partial charge in [0.15, 0.2) is 0 Å². The lowest BCUT2D eigenvalue weighted by atomic mass is 10.1. The number of aryl methyl sites for hydroxylation is 1. The normalized spacial score (nSPS) is 10.4. The SMILES string of the molecule is Cc1ccc([N+](=O)[O-])cc1C#CS(C)(=O)=O. The van der Waals surface area contributed by atoms with Crippen molar-refractivity contribution in [2.75, 3.05) is 6.26 Å². The molecule has 1 rings (SSSR count). The molecule has 0 bridgehead atoms. The molecule has 0 spiro atoms. The molecule has 0 radical (unpaired) electrons. The number of rotatable bonds is 1. The fourth-order valence-electron chi connectivity index (χ4n) is 1.01. The van der Waals surface area contributed by atoms with Crippen LogP contribution in [0.3, 0.4) is 0 Å². The van der Waals surface area contributed by atoms with Gasteiger partial charge in [0.25, 0.3) is 5.69 Å². The quantitative estimate of drug-likeness (QED) is 0.420. The lowest BCUT2D eigenvalue weighted by molar-refractivity contribution is -0.384. The Bertz CT molecular complexity index is 593. The van der Waals surface area contributed by atoms with E-state index in [1.165, 1.54) is 18.2 Å². The highest BCUT2D eigenvalue weighted by molar-refractivity contribution is 7.95. The molecule has 0 aliphatic rings. The standard InChI is InChI=1S/C10H9NO4S/c1-8-3-4-10(11(12)13)7-9(8)5-6-16(2,14)15/h3-4,7H,1-2H3. The largest absolute Gasteiger partial charge is 0.270 e. The van der Waals surface area contributed by atoms with Crippen LogP contribution in [0.5, 0.6) is 0 Å². The van der Waals surface area contributed by atoms with Crippen molar-refractivity contribution in [3.05, 3.63) is 39.4 Å². The Morgan fingerprint density at radius 2 is 2.00 bits per heavy atom. The summed E-state index contributed by atoms with van der Waals surface area (Å²) >= 11 is 0. The van der Waals surface area contributed by atoms with Crippen LogP contribution in [0.15, 0.2) is 18.2 Å². The van der Waals surface area contributed by atoms with E-state index in [2.05, 4.69) is 5.92 Å². The zero-order valence-electron chi connectivity index (χ0n) is 8.72. The van der Waals surface area contributed by atoms with Crippen molar-refractivity contribution in [3.63, 3.8) is 0 Å². The number of benzene rings is 1. The third kappa shape index (κ3) is 3.37. The van der Waals surface area contributed by atoms with Gasteiger partial charge >= 0.3 is 0 Å². The molecule has 6 heteroatoms. The molecule has 0 heterocycles. The van der Waals surface area contributed by atoms with Gasteiger partial charge in [-0.1, -0.05) is 6.07 Å². The Morgan fingerprint density at radius 1 is 1.38 bits per heavy atom. The van der Waals surface area contributed by atoms with Crippen LogP contribution in [0, 0.1) is 28.2 Å². The van der Waals surface area contributed by atoms with Gasteiger partial charge < -0.3 is 0 Å². The number of nitrogens with zero attached hydrogens (tertiary/aromatic N) is 1. The summed E-state index contributed by atoms with van der Waals surface area (Å²) in [5.74, 6) is 2.41. The summed E-state index contributed by atoms with van der Waals surface area (Å²) < 4.78 is 21.7. The van der Waals surface area contributed by atoms with E-state index < -0.39 is 14.8 Å². The summed E-state index contributed by atoms with van der Waals surface area (Å²) in [6.45, 7) is 1.70. The van der Waals surface area contributed by atoms with Gasteiger partial charge in [-0.15, -0.1) is 0 Å². The number of hydrogen-bond donors (Lipinski definition) is 0. The van der Waals surface area contributed by atoms with E-state index in [1.54, 1.807) is 6.92 Å². The van der Waals surface area contributed by atoms with E-state index in [4.69, 9.17) is 0 Å². The highest BCUT2D eigenvalue weighted by atomic mass is 32.2. The third-order valence-electron chi connectivity index (χ3n) is 1.80. The fourth-order valence-corrected chi connectivity index (χ4v) is 1.30. The van der Waals surface area contributed by atoms with Crippen LogP contribution in [0.4, 0.5) is 5.69 Å². The molecular weight excluding hydrogens is 230 g/mol. The first-order valence-electron chi connectivity index (χ1n) is 4.27. The summed E-state index contributed by atoms with van der Waals surface area (Å²) in [5.41, 5.74) is 0.935. The molecule has 0 aliphatic heterocycles. The van der Waals surface area contributed by atoms with Crippen LogP contribution in [0.25, 0.3) is 0 Å². The topological polar surface area (TPSA) is 77.3 Å². The predicted molar refractivity (Wildman–Crippen MR) is 59.6 cm³/mol. The smallest absolute Gasteiger partial charge is 0.258 e. The first-order chi connectivity index (χ1) is 7.29. The lowest BCUT2D eigenvalue weighted by Crippen LogP contribution is -1.92. The van der Waals surface area contributed by atoms with Crippen LogP contribution in [0.2, 0.25) is 0 Å². The first kappa shape index (κ1) is 12.2. The highest BCUT2D eigenvalue weighted by Crippen LogP contribution is 2.16. The minimum absolute atomic E-state index is 0.108. The second kappa shape index (κ2) is 4.33. The predicted octanol–water partition coefficient (Wildman–Crippen LogP) is 1.26. The molecule has 0 saturated heterocycles. The molecule has 5 nitrogen and oxygen atoms in total. The maximum atomic E-state index is 10.8. The average molecular weight is 239 g/mol.